The van der Waals surface area contributed by atoms with Crippen molar-refractivity contribution in [1.82, 2.24) is 4.90 Å². The van der Waals surface area contributed by atoms with Crippen molar-refractivity contribution in [3.8, 4) is 0 Å². The van der Waals surface area contributed by atoms with Gasteiger partial charge in [0, 0.05) is 6.54 Å². The molecule has 1 aliphatic heterocycles. The first-order valence-electron chi connectivity index (χ1n) is 7.02. The van der Waals surface area contributed by atoms with Gasteiger partial charge in [-0.05, 0) is 23.3 Å². The third-order valence-corrected chi connectivity index (χ3v) is 4.42. The number of morpholine rings is 1. The molecule has 6 heteroatoms. The Balaban J connectivity index is 0.00000192. The fourth-order valence-electron chi connectivity index (χ4n) is 2.49. The molecule has 1 amide bonds. The molecule has 23 heavy (non-hydrogen) atoms. The average Bonchev–Trinajstić information content (AvgIpc) is 2.53. The van der Waals surface area contributed by atoms with E-state index in [-0.39, 0.29) is 31.0 Å². The molecule has 2 aromatic rings. The summed E-state index contributed by atoms with van der Waals surface area (Å²) in [4.78, 5) is 13.9. The molecule has 0 saturated carbocycles. The van der Waals surface area contributed by atoms with E-state index in [0.717, 1.165) is 11.1 Å². The number of benzene rings is 2. The number of carbonyl (C=O) groups is 1. The van der Waals surface area contributed by atoms with Crippen LogP contribution in [-0.2, 0) is 16.1 Å². The van der Waals surface area contributed by atoms with E-state index in [2.05, 4.69) is 0 Å². The summed E-state index contributed by atoms with van der Waals surface area (Å²) < 4.78 is 5.65. The van der Waals surface area contributed by atoms with Gasteiger partial charge in [-0.3, -0.25) is 4.79 Å². The topological polar surface area (TPSA) is 29.5 Å². The highest BCUT2D eigenvalue weighted by Gasteiger charge is 2.27. The molecule has 1 fully saturated rings. The summed E-state index contributed by atoms with van der Waals surface area (Å²) in [5.74, 6) is 0.000151. The molecule has 0 radical (unpaired) electrons. The monoisotopic (exact) mass is 371 g/mol. The Morgan fingerprint density at radius 1 is 1.09 bits per heavy atom. The zero-order chi connectivity index (χ0) is 15.5. The van der Waals surface area contributed by atoms with Crippen LogP contribution in [0, 0.1) is 0 Å². The first-order valence-corrected chi connectivity index (χ1v) is 7.77. The number of halogens is 3. The van der Waals surface area contributed by atoms with Crippen molar-refractivity contribution < 1.29 is 9.53 Å². The van der Waals surface area contributed by atoms with Crippen molar-refractivity contribution >= 4 is 41.5 Å². The lowest BCUT2D eigenvalue weighted by atomic mass is 10.1. The van der Waals surface area contributed by atoms with Crippen LogP contribution in [-0.4, -0.2) is 24.0 Å². The number of hydrogen-bond acceptors (Lipinski definition) is 2. The predicted molar refractivity (Wildman–Crippen MR) is 94.3 cm³/mol. The largest absolute Gasteiger partial charge is 0.362 e. The van der Waals surface area contributed by atoms with Gasteiger partial charge in [-0.2, -0.15) is 0 Å². The van der Waals surface area contributed by atoms with Crippen LogP contribution in [0.5, 0.6) is 0 Å². The van der Waals surface area contributed by atoms with E-state index in [1.165, 1.54) is 0 Å². The summed E-state index contributed by atoms with van der Waals surface area (Å²) in [6.07, 6.45) is -0.184. The van der Waals surface area contributed by atoms with E-state index in [9.17, 15) is 4.79 Å². The van der Waals surface area contributed by atoms with Gasteiger partial charge < -0.3 is 9.64 Å². The molecule has 1 unspecified atom stereocenters. The number of ether oxygens (including phenoxy) is 1. The predicted octanol–water partition coefficient (Wildman–Crippen LogP) is 4.52. The van der Waals surface area contributed by atoms with Crippen LogP contribution < -0.4 is 0 Å². The standard InChI is InChI=1S/C17H15Cl2NO2.ClH/c18-14-7-6-13(8-15(14)19)16-10-20(17(21)11-22-16)9-12-4-2-1-3-5-12;/h1-8,16H,9-11H2;1H. The van der Waals surface area contributed by atoms with Gasteiger partial charge >= 0.3 is 0 Å². The highest BCUT2D eigenvalue weighted by atomic mass is 35.5. The quantitative estimate of drug-likeness (QED) is 0.793. The molecule has 3 nitrogen and oxygen atoms in total. The minimum atomic E-state index is -0.184. The van der Waals surface area contributed by atoms with Gasteiger partial charge in [0.25, 0.3) is 0 Å². The second-order valence-electron chi connectivity index (χ2n) is 5.23. The zero-order valence-corrected chi connectivity index (χ0v) is 14.6. The van der Waals surface area contributed by atoms with Crippen LogP contribution in [0.2, 0.25) is 10.0 Å². The molecule has 122 valence electrons. The Labute approximate surface area is 151 Å². The molecule has 0 spiro atoms. The normalized spacial score (nSPS) is 17.7. The van der Waals surface area contributed by atoms with Crippen molar-refractivity contribution in [3.63, 3.8) is 0 Å². The average molecular weight is 373 g/mol. The van der Waals surface area contributed by atoms with E-state index in [4.69, 9.17) is 27.9 Å². The second-order valence-corrected chi connectivity index (χ2v) is 6.05. The maximum Gasteiger partial charge on any atom is 0.249 e. The first-order chi connectivity index (χ1) is 10.6. The summed E-state index contributed by atoms with van der Waals surface area (Å²) in [7, 11) is 0. The Hall–Kier alpha value is -1.26. The van der Waals surface area contributed by atoms with Crippen LogP contribution in [0.1, 0.15) is 17.2 Å². The molecule has 2 aromatic carbocycles. The smallest absolute Gasteiger partial charge is 0.249 e. The summed E-state index contributed by atoms with van der Waals surface area (Å²) in [5, 5.41) is 1.01. The number of nitrogens with zero attached hydrogens (tertiary/aromatic N) is 1. The molecule has 3 rings (SSSR count). The maximum atomic E-state index is 12.1. The lowest BCUT2D eigenvalue weighted by molar-refractivity contribution is -0.150. The van der Waals surface area contributed by atoms with E-state index < -0.39 is 0 Å². The Bertz CT molecular complexity index is 679. The van der Waals surface area contributed by atoms with Crippen LogP contribution in [0.3, 0.4) is 0 Å². The minimum absolute atomic E-state index is 0. The minimum Gasteiger partial charge on any atom is -0.362 e. The van der Waals surface area contributed by atoms with E-state index in [1.54, 1.807) is 12.1 Å². The summed E-state index contributed by atoms with van der Waals surface area (Å²) in [6.45, 7) is 1.17. The second kappa shape index (κ2) is 8.02. The van der Waals surface area contributed by atoms with Crippen LogP contribution in [0.4, 0.5) is 0 Å². The van der Waals surface area contributed by atoms with Crippen molar-refractivity contribution in [2.75, 3.05) is 13.2 Å². The number of carbonyl (C=O) groups excluding carboxylic acids is 1. The molecule has 1 saturated heterocycles. The van der Waals surface area contributed by atoms with Gasteiger partial charge in [0.2, 0.25) is 5.91 Å². The van der Waals surface area contributed by atoms with Gasteiger partial charge in [-0.1, -0.05) is 59.6 Å². The molecular formula is C17H16Cl3NO2. The number of rotatable bonds is 3. The molecule has 0 aliphatic carbocycles. The molecule has 1 heterocycles. The molecular weight excluding hydrogens is 357 g/mol. The van der Waals surface area contributed by atoms with E-state index in [0.29, 0.717) is 23.1 Å². The number of amides is 1. The SMILES string of the molecule is Cl.O=C1COC(c2ccc(Cl)c(Cl)c2)CN1Cc1ccccc1. The summed E-state index contributed by atoms with van der Waals surface area (Å²) in [6, 6.07) is 15.4. The van der Waals surface area contributed by atoms with Crippen LogP contribution in [0.25, 0.3) is 0 Å². The Kier molecular flexibility index (Phi) is 6.31. The van der Waals surface area contributed by atoms with Crippen molar-refractivity contribution in [3.05, 3.63) is 69.7 Å². The number of hydrogen-bond donors (Lipinski definition) is 0. The van der Waals surface area contributed by atoms with Gasteiger partial charge in [0.15, 0.2) is 0 Å². The Morgan fingerprint density at radius 2 is 1.83 bits per heavy atom. The summed E-state index contributed by atoms with van der Waals surface area (Å²) in [5.41, 5.74) is 2.03. The van der Waals surface area contributed by atoms with E-state index >= 15 is 0 Å². The Morgan fingerprint density at radius 3 is 2.52 bits per heavy atom. The fraction of sp³-hybridized carbons (Fsp3) is 0.235. The molecule has 1 atom stereocenters. The van der Waals surface area contributed by atoms with Crippen molar-refractivity contribution in [2.24, 2.45) is 0 Å². The maximum absolute atomic E-state index is 12.1. The van der Waals surface area contributed by atoms with Gasteiger partial charge in [0.05, 0.1) is 16.6 Å². The van der Waals surface area contributed by atoms with E-state index in [1.807, 2.05) is 41.3 Å². The fourth-order valence-corrected chi connectivity index (χ4v) is 2.80. The molecule has 0 bridgehead atoms. The molecule has 0 aromatic heterocycles. The van der Waals surface area contributed by atoms with Crippen LogP contribution >= 0.6 is 35.6 Å². The van der Waals surface area contributed by atoms with Crippen LogP contribution in [0.15, 0.2) is 48.5 Å². The highest BCUT2D eigenvalue weighted by molar-refractivity contribution is 6.42. The first kappa shape index (κ1) is 18.1. The van der Waals surface area contributed by atoms with Crippen molar-refractivity contribution in [1.29, 1.82) is 0 Å². The highest BCUT2D eigenvalue weighted by Crippen LogP contribution is 2.29. The third-order valence-electron chi connectivity index (χ3n) is 3.68. The molecule has 1 aliphatic rings. The zero-order valence-electron chi connectivity index (χ0n) is 12.2. The molecule has 0 N–H and O–H groups in total. The lowest BCUT2D eigenvalue weighted by Gasteiger charge is -2.33. The van der Waals surface area contributed by atoms with Gasteiger partial charge in [-0.25, -0.2) is 0 Å². The lowest BCUT2D eigenvalue weighted by Crippen LogP contribution is -2.42. The van der Waals surface area contributed by atoms with Gasteiger partial charge in [-0.15, -0.1) is 12.4 Å². The van der Waals surface area contributed by atoms with Crippen molar-refractivity contribution in [2.45, 2.75) is 12.6 Å². The summed E-state index contributed by atoms with van der Waals surface area (Å²) >= 11 is 12.0. The van der Waals surface area contributed by atoms with Gasteiger partial charge in [0.1, 0.15) is 12.7 Å². The third kappa shape index (κ3) is 4.39.